The largest absolute Gasteiger partial charge is 0.481 e. The van der Waals surface area contributed by atoms with Crippen LogP contribution in [0.15, 0.2) is 0 Å². The zero-order valence-corrected chi connectivity index (χ0v) is 8.01. The number of hydroxylamine groups is 2. The molecular weight excluding hydrogens is 178 g/mol. The van der Waals surface area contributed by atoms with Crippen molar-refractivity contribution in [1.29, 1.82) is 0 Å². The molecule has 72 valence electrons. The normalized spacial score (nSPS) is 10.6. The molecule has 2 N–H and O–H groups in total. The first-order valence-electron chi connectivity index (χ1n) is 3.90. The standard InChI is InChI=1S/C7H15NO3S/c1-2-8(11)4-3-5-12-6-7(9)10/h11H,2-6H2,1H3,(H,9,10). The van der Waals surface area contributed by atoms with Crippen LogP contribution in [0.2, 0.25) is 0 Å². The summed E-state index contributed by atoms with van der Waals surface area (Å²) in [5.41, 5.74) is 0. The van der Waals surface area contributed by atoms with Crippen LogP contribution in [-0.2, 0) is 4.79 Å². The van der Waals surface area contributed by atoms with Crippen molar-refractivity contribution < 1.29 is 15.1 Å². The Bertz CT molecular complexity index is 132. The van der Waals surface area contributed by atoms with E-state index >= 15 is 0 Å². The molecule has 0 aromatic carbocycles. The molecule has 0 unspecified atom stereocenters. The van der Waals surface area contributed by atoms with E-state index in [1.165, 1.54) is 16.8 Å². The van der Waals surface area contributed by atoms with Gasteiger partial charge in [0.1, 0.15) is 0 Å². The molecule has 0 amide bonds. The molecule has 0 heterocycles. The zero-order valence-electron chi connectivity index (χ0n) is 7.19. The fourth-order valence-electron chi connectivity index (χ4n) is 0.667. The van der Waals surface area contributed by atoms with E-state index in [4.69, 9.17) is 10.3 Å². The fourth-order valence-corrected chi connectivity index (χ4v) is 1.32. The molecule has 0 aliphatic heterocycles. The van der Waals surface area contributed by atoms with Crippen LogP contribution in [0, 0.1) is 0 Å². The Labute approximate surface area is 76.5 Å². The van der Waals surface area contributed by atoms with Crippen molar-refractivity contribution in [3.63, 3.8) is 0 Å². The van der Waals surface area contributed by atoms with Crippen molar-refractivity contribution in [3.8, 4) is 0 Å². The average Bonchev–Trinajstić information content (AvgIpc) is 2.03. The molecule has 0 fully saturated rings. The van der Waals surface area contributed by atoms with Crippen LogP contribution in [0.4, 0.5) is 0 Å². The highest BCUT2D eigenvalue weighted by molar-refractivity contribution is 7.99. The second-order valence-corrected chi connectivity index (χ2v) is 3.45. The van der Waals surface area contributed by atoms with Gasteiger partial charge in [0.2, 0.25) is 0 Å². The minimum atomic E-state index is -0.781. The first-order chi connectivity index (χ1) is 5.66. The zero-order chi connectivity index (χ0) is 9.40. The first-order valence-corrected chi connectivity index (χ1v) is 5.05. The molecular formula is C7H15NO3S. The summed E-state index contributed by atoms with van der Waals surface area (Å²) in [7, 11) is 0. The molecule has 0 spiro atoms. The molecule has 0 rings (SSSR count). The number of nitrogens with zero attached hydrogens (tertiary/aromatic N) is 1. The molecule has 0 radical (unpaired) electrons. The van der Waals surface area contributed by atoms with Gasteiger partial charge in [-0.05, 0) is 12.2 Å². The number of rotatable bonds is 7. The molecule has 0 atom stereocenters. The highest BCUT2D eigenvalue weighted by atomic mass is 32.2. The second kappa shape index (κ2) is 7.39. The van der Waals surface area contributed by atoms with Crippen molar-refractivity contribution in [3.05, 3.63) is 0 Å². The quantitative estimate of drug-likeness (QED) is 0.465. The van der Waals surface area contributed by atoms with Gasteiger partial charge in [-0.1, -0.05) is 6.92 Å². The molecule has 5 heteroatoms. The predicted octanol–water partition coefficient (Wildman–Crippen LogP) is 0.905. The molecule has 0 aliphatic rings. The Balaban J connectivity index is 3.05. The molecule has 0 bridgehead atoms. The van der Waals surface area contributed by atoms with E-state index in [1.807, 2.05) is 6.92 Å². The van der Waals surface area contributed by atoms with E-state index in [-0.39, 0.29) is 5.75 Å². The number of aliphatic carboxylic acids is 1. The number of carboxylic acids is 1. The fraction of sp³-hybridized carbons (Fsp3) is 0.857. The number of thioether (sulfide) groups is 1. The Morgan fingerprint density at radius 1 is 1.58 bits per heavy atom. The highest BCUT2D eigenvalue weighted by Gasteiger charge is 1.98. The van der Waals surface area contributed by atoms with Crippen LogP contribution in [0.25, 0.3) is 0 Å². The summed E-state index contributed by atoms with van der Waals surface area (Å²) in [4.78, 5) is 10.1. The minimum Gasteiger partial charge on any atom is -0.481 e. The van der Waals surface area contributed by atoms with Crippen LogP contribution >= 0.6 is 11.8 Å². The van der Waals surface area contributed by atoms with Crippen LogP contribution < -0.4 is 0 Å². The molecule has 12 heavy (non-hydrogen) atoms. The van der Waals surface area contributed by atoms with E-state index in [0.29, 0.717) is 13.1 Å². The third-order valence-corrected chi connectivity index (χ3v) is 2.32. The van der Waals surface area contributed by atoms with Gasteiger partial charge in [0.05, 0.1) is 5.75 Å². The lowest BCUT2D eigenvalue weighted by atomic mass is 10.5. The monoisotopic (exact) mass is 193 g/mol. The Hall–Kier alpha value is -0.260. The summed E-state index contributed by atoms with van der Waals surface area (Å²) in [5, 5.41) is 18.5. The smallest absolute Gasteiger partial charge is 0.313 e. The lowest BCUT2D eigenvalue weighted by molar-refractivity contribution is -0.133. The van der Waals surface area contributed by atoms with Gasteiger partial charge in [0.15, 0.2) is 0 Å². The van der Waals surface area contributed by atoms with Crippen LogP contribution in [0.3, 0.4) is 0 Å². The topological polar surface area (TPSA) is 60.8 Å². The summed E-state index contributed by atoms with van der Waals surface area (Å²) >= 11 is 1.38. The third kappa shape index (κ3) is 7.84. The number of hydrogen-bond acceptors (Lipinski definition) is 4. The summed E-state index contributed by atoms with van der Waals surface area (Å²) in [6.45, 7) is 3.09. The molecule has 0 saturated carbocycles. The summed E-state index contributed by atoms with van der Waals surface area (Å²) < 4.78 is 0. The predicted molar refractivity (Wildman–Crippen MR) is 48.6 cm³/mol. The van der Waals surface area contributed by atoms with Crippen LogP contribution in [0.1, 0.15) is 13.3 Å². The van der Waals surface area contributed by atoms with Gasteiger partial charge in [0, 0.05) is 13.1 Å². The number of carboxylic acid groups (broad SMARTS) is 1. The number of hydrogen-bond donors (Lipinski definition) is 2. The van der Waals surface area contributed by atoms with Crippen molar-refractivity contribution in [2.75, 3.05) is 24.6 Å². The van der Waals surface area contributed by atoms with Crippen molar-refractivity contribution in [2.24, 2.45) is 0 Å². The maximum atomic E-state index is 10.1. The van der Waals surface area contributed by atoms with Gasteiger partial charge in [-0.25, -0.2) is 0 Å². The van der Waals surface area contributed by atoms with Gasteiger partial charge >= 0.3 is 5.97 Å². The van der Waals surface area contributed by atoms with Gasteiger partial charge in [-0.3, -0.25) is 4.79 Å². The van der Waals surface area contributed by atoms with Gasteiger partial charge < -0.3 is 10.3 Å². The molecule has 0 aromatic rings. The van der Waals surface area contributed by atoms with E-state index in [9.17, 15) is 4.79 Å². The van der Waals surface area contributed by atoms with Gasteiger partial charge in [-0.2, -0.15) is 16.8 Å². The highest BCUT2D eigenvalue weighted by Crippen LogP contribution is 2.02. The Kier molecular flexibility index (Phi) is 7.23. The Morgan fingerprint density at radius 3 is 2.75 bits per heavy atom. The van der Waals surface area contributed by atoms with E-state index in [0.717, 1.165) is 12.2 Å². The molecule has 0 aliphatic carbocycles. The van der Waals surface area contributed by atoms with E-state index in [1.54, 1.807) is 0 Å². The molecule has 0 saturated heterocycles. The lowest BCUT2D eigenvalue weighted by Crippen LogP contribution is -2.20. The average molecular weight is 193 g/mol. The molecule has 0 aromatic heterocycles. The summed E-state index contributed by atoms with van der Waals surface area (Å²) in [6, 6.07) is 0. The van der Waals surface area contributed by atoms with Crippen molar-refractivity contribution in [1.82, 2.24) is 5.06 Å². The molecule has 4 nitrogen and oxygen atoms in total. The SMILES string of the molecule is CCN(O)CCCSCC(=O)O. The lowest BCUT2D eigenvalue weighted by Gasteiger charge is -2.10. The maximum Gasteiger partial charge on any atom is 0.313 e. The Morgan fingerprint density at radius 2 is 2.25 bits per heavy atom. The van der Waals surface area contributed by atoms with Gasteiger partial charge in [0.25, 0.3) is 0 Å². The second-order valence-electron chi connectivity index (χ2n) is 2.35. The summed E-state index contributed by atoms with van der Waals surface area (Å²) in [5.74, 6) is 0.150. The van der Waals surface area contributed by atoms with E-state index in [2.05, 4.69) is 0 Å². The van der Waals surface area contributed by atoms with Crippen LogP contribution in [-0.4, -0.2) is 45.9 Å². The third-order valence-electron chi connectivity index (χ3n) is 1.30. The van der Waals surface area contributed by atoms with Crippen LogP contribution in [0.5, 0.6) is 0 Å². The summed E-state index contributed by atoms with van der Waals surface area (Å²) in [6.07, 6.45) is 0.822. The maximum absolute atomic E-state index is 10.1. The number of carbonyl (C=O) groups is 1. The first kappa shape index (κ1) is 11.7. The van der Waals surface area contributed by atoms with E-state index < -0.39 is 5.97 Å². The van der Waals surface area contributed by atoms with Gasteiger partial charge in [-0.15, -0.1) is 0 Å². The van der Waals surface area contributed by atoms with Crippen molar-refractivity contribution >= 4 is 17.7 Å². The minimum absolute atomic E-state index is 0.150. The van der Waals surface area contributed by atoms with Crippen molar-refractivity contribution in [2.45, 2.75) is 13.3 Å².